The van der Waals surface area contributed by atoms with Crippen LogP contribution in [0.2, 0.25) is 10.0 Å². The normalized spacial score (nSPS) is 11.6. The van der Waals surface area contributed by atoms with Crippen LogP contribution in [0.3, 0.4) is 0 Å². The van der Waals surface area contributed by atoms with Gasteiger partial charge in [0.2, 0.25) is 0 Å². The number of nitrogens with one attached hydrogen (secondary N) is 1. The summed E-state index contributed by atoms with van der Waals surface area (Å²) in [6.45, 7) is 4.62. The van der Waals surface area contributed by atoms with Crippen molar-refractivity contribution in [2.45, 2.75) is 20.3 Å². The molecular formula is C11H15Cl2N3. The minimum Gasteiger partial charge on any atom is -0.370 e. The van der Waals surface area contributed by atoms with E-state index in [2.05, 4.69) is 10.3 Å². The first-order chi connectivity index (χ1) is 7.54. The molecule has 0 atom stereocenters. The molecule has 3 nitrogen and oxygen atoms in total. The van der Waals surface area contributed by atoms with Crippen molar-refractivity contribution in [3.05, 3.63) is 27.7 Å². The van der Waals surface area contributed by atoms with Crippen molar-refractivity contribution in [3.63, 3.8) is 0 Å². The third-order valence-electron chi connectivity index (χ3n) is 2.02. The van der Waals surface area contributed by atoms with Gasteiger partial charge in [0, 0.05) is 11.6 Å². The average Bonchev–Trinajstić information content (AvgIpc) is 2.23. The molecule has 5 heteroatoms. The second-order valence-electron chi connectivity index (χ2n) is 3.47. The summed E-state index contributed by atoms with van der Waals surface area (Å²) in [5, 5.41) is 4.15. The van der Waals surface area contributed by atoms with Crippen molar-refractivity contribution < 1.29 is 0 Å². The molecule has 0 radical (unpaired) electrons. The van der Waals surface area contributed by atoms with E-state index in [-0.39, 0.29) is 0 Å². The number of halogens is 2. The molecule has 0 fully saturated rings. The zero-order valence-electron chi connectivity index (χ0n) is 9.35. The molecule has 3 N–H and O–H groups in total. The zero-order valence-corrected chi connectivity index (χ0v) is 10.9. The monoisotopic (exact) mass is 259 g/mol. The summed E-state index contributed by atoms with van der Waals surface area (Å²) in [4.78, 5) is 4.11. The Morgan fingerprint density at radius 1 is 1.38 bits per heavy atom. The highest BCUT2D eigenvalue weighted by Gasteiger charge is 2.05. The van der Waals surface area contributed by atoms with E-state index in [9.17, 15) is 0 Å². The van der Waals surface area contributed by atoms with E-state index >= 15 is 0 Å². The van der Waals surface area contributed by atoms with Gasteiger partial charge in [0.1, 0.15) is 0 Å². The van der Waals surface area contributed by atoms with E-state index in [1.165, 1.54) is 0 Å². The van der Waals surface area contributed by atoms with Crippen LogP contribution in [0.4, 0.5) is 5.69 Å². The van der Waals surface area contributed by atoms with Gasteiger partial charge in [0.25, 0.3) is 0 Å². The lowest BCUT2D eigenvalue weighted by atomic mass is 10.2. The lowest BCUT2D eigenvalue weighted by Crippen LogP contribution is -2.23. The van der Waals surface area contributed by atoms with Gasteiger partial charge in [-0.15, -0.1) is 0 Å². The molecule has 1 rings (SSSR count). The molecule has 16 heavy (non-hydrogen) atoms. The summed E-state index contributed by atoms with van der Waals surface area (Å²) in [6, 6.07) is 3.53. The van der Waals surface area contributed by atoms with E-state index < -0.39 is 0 Å². The molecule has 0 saturated heterocycles. The third kappa shape index (κ3) is 3.58. The van der Waals surface area contributed by atoms with Crippen LogP contribution >= 0.6 is 23.2 Å². The molecule has 0 aromatic heterocycles. The van der Waals surface area contributed by atoms with Crippen molar-refractivity contribution in [1.29, 1.82) is 0 Å². The fraction of sp³-hybridized carbons (Fsp3) is 0.364. The summed E-state index contributed by atoms with van der Waals surface area (Å²) >= 11 is 12.0. The highest BCUT2D eigenvalue weighted by molar-refractivity contribution is 6.36. The first-order valence-corrected chi connectivity index (χ1v) is 5.82. The highest BCUT2D eigenvalue weighted by atomic mass is 35.5. The number of anilines is 1. The Labute approximate surface area is 106 Å². The number of aliphatic imine (C=N–C) groups is 1. The van der Waals surface area contributed by atoms with Gasteiger partial charge >= 0.3 is 0 Å². The molecule has 1 aromatic carbocycles. The van der Waals surface area contributed by atoms with Crippen molar-refractivity contribution >= 4 is 34.8 Å². The van der Waals surface area contributed by atoms with Crippen LogP contribution in [-0.4, -0.2) is 12.5 Å². The molecule has 88 valence electrons. The number of benzene rings is 1. The van der Waals surface area contributed by atoms with Crippen molar-refractivity contribution in [1.82, 2.24) is 0 Å². The van der Waals surface area contributed by atoms with Gasteiger partial charge in [-0.1, -0.05) is 30.1 Å². The predicted molar refractivity (Wildman–Crippen MR) is 71.6 cm³/mol. The van der Waals surface area contributed by atoms with Crippen LogP contribution in [0.25, 0.3) is 0 Å². The first kappa shape index (κ1) is 13.1. The van der Waals surface area contributed by atoms with E-state index in [0.29, 0.717) is 28.2 Å². The number of guanidine groups is 1. The van der Waals surface area contributed by atoms with E-state index in [4.69, 9.17) is 28.9 Å². The molecule has 0 amide bonds. The first-order valence-electron chi connectivity index (χ1n) is 5.07. The Morgan fingerprint density at radius 2 is 2.06 bits per heavy atom. The number of nitrogens with two attached hydrogens (primary N) is 1. The van der Waals surface area contributed by atoms with E-state index in [1.54, 1.807) is 12.1 Å². The van der Waals surface area contributed by atoms with Crippen molar-refractivity contribution in [2.24, 2.45) is 10.7 Å². The Bertz CT molecular complexity index is 402. The smallest absolute Gasteiger partial charge is 0.193 e. The lowest BCUT2D eigenvalue weighted by molar-refractivity contribution is 0.929. The zero-order chi connectivity index (χ0) is 12.1. The molecule has 1 aromatic rings. The Kier molecular flexibility index (Phi) is 4.90. The quantitative estimate of drug-likeness (QED) is 0.646. The molecule has 0 unspecified atom stereocenters. The Balaban J connectivity index is 2.85. The fourth-order valence-corrected chi connectivity index (χ4v) is 1.58. The highest BCUT2D eigenvalue weighted by Crippen LogP contribution is 2.28. The fourth-order valence-electron chi connectivity index (χ4n) is 1.15. The van der Waals surface area contributed by atoms with Gasteiger partial charge in [0.15, 0.2) is 5.96 Å². The van der Waals surface area contributed by atoms with E-state index in [0.717, 1.165) is 12.0 Å². The van der Waals surface area contributed by atoms with Gasteiger partial charge in [-0.05, 0) is 31.0 Å². The maximum atomic E-state index is 6.05. The Morgan fingerprint density at radius 3 is 2.69 bits per heavy atom. The number of nitrogens with zero attached hydrogens (tertiary/aromatic N) is 1. The van der Waals surface area contributed by atoms with Crippen LogP contribution in [0.1, 0.15) is 18.9 Å². The summed E-state index contributed by atoms with van der Waals surface area (Å²) in [5.74, 6) is 0.351. The molecule has 0 aliphatic heterocycles. The van der Waals surface area contributed by atoms with E-state index in [1.807, 2.05) is 13.8 Å². The summed E-state index contributed by atoms with van der Waals surface area (Å²) in [7, 11) is 0. The molecule has 0 spiro atoms. The number of aryl methyl sites for hydroxylation is 1. The molecule has 0 aliphatic carbocycles. The number of hydrogen-bond donors (Lipinski definition) is 2. The summed E-state index contributed by atoms with van der Waals surface area (Å²) < 4.78 is 0. The average molecular weight is 260 g/mol. The predicted octanol–water partition coefficient (Wildman–Crippen LogP) is 3.44. The van der Waals surface area contributed by atoms with Crippen LogP contribution in [0.15, 0.2) is 17.1 Å². The molecule has 0 aliphatic rings. The molecule has 0 heterocycles. The van der Waals surface area contributed by atoms with Crippen LogP contribution in [-0.2, 0) is 0 Å². The lowest BCUT2D eigenvalue weighted by Gasteiger charge is -2.09. The maximum Gasteiger partial charge on any atom is 0.193 e. The molecule has 0 saturated carbocycles. The number of hydrogen-bond acceptors (Lipinski definition) is 1. The van der Waals surface area contributed by atoms with Crippen LogP contribution in [0.5, 0.6) is 0 Å². The molecule has 0 bridgehead atoms. The topological polar surface area (TPSA) is 50.4 Å². The van der Waals surface area contributed by atoms with Gasteiger partial charge in [-0.2, -0.15) is 0 Å². The Hall–Kier alpha value is -0.930. The summed E-state index contributed by atoms with van der Waals surface area (Å²) in [5.41, 5.74) is 7.29. The second-order valence-corrected chi connectivity index (χ2v) is 4.29. The van der Waals surface area contributed by atoms with Gasteiger partial charge in [-0.25, -0.2) is 0 Å². The number of rotatable bonds is 3. The van der Waals surface area contributed by atoms with Gasteiger partial charge in [0.05, 0.1) is 10.7 Å². The third-order valence-corrected chi connectivity index (χ3v) is 2.74. The van der Waals surface area contributed by atoms with Crippen molar-refractivity contribution in [3.8, 4) is 0 Å². The SMILES string of the molecule is CCCN=C(N)Nc1cc(Cl)c(C)cc1Cl. The summed E-state index contributed by atoms with van der Waals surface area (Å²) in [6.07, 6.45) is 0.949. The maximum absolute atomic E-state index is 6.05. The van der Waals surface area contributed by atoms with Crippen LogP contribution < -0.4 is 11.1 Å². The van der Waals surface area contributed by atoms with Gasteiger partial charge < -0.3 is 11.1 Å². The van der Waals surface area contributed by atoms with Crippen molar-refractivity contribution in [2.75, 3.05) is 11.9 Å². The van der Waals surface area contributed by atoms with Crippen LogP contribution in [0, 0.1) is 6.92 Å². The standard InChI is InChI=1S/C11H15Cl2N3/c1-3-4-15-11(14)16-10-6-8(12)7(2)5-9(10)13/h5-6H,3-4H2,1-2H3,(H3,14,15,16). The molecular weight excluding hydrogens is 245 g/mol. The minimum absolute atomic E-state index is 0.351. The second kappa shape index (κ2) is 5.97. The minimum atomic E-state index is 0.351. The largest absolute Gasteiger partial charge is 0.370 e. The van der Waals surface area contributed by atoms with Gasteiger partial charge in [-0.3, -0.25) is 4.99 Å².